The molecule has 4 rings (SSSR count). The number of nitrogens with one attached hydrogen (secondary N) is 1. The van der Waals surface area contributed by atoms with Crippen LogP contribution in [-0.2, 0) is 9.53 Å². The lowest BCUT2D eigenvalue weighted by atomic mass is 9.99. The quantitative estimate of drug-likeness (QED) is 0.447. The normalized spacial score (nSPS) is 17.2. The smallest absolute Gasteiger partial charge is 0.350 e. The summed E-state index contributed by atoms with van der Waals surface area (Å²) >= 11 is 2.92. The van der Waals surface area contributed by atoms with Crippen LogP contribution in [0.2, 0.25) is 0 Å². The van der Waals surface area contributed by atoms with E-state index in [2.05, 4.69) is 21.4 Å². The van der Waals surface area contributed by atoms with E-state index in [1.54, 1.807) is 24.9 Å². The highest BCUT2D eigenvalue weighted by Crippen LogP contribution is 2.38. The van der Waals surface area contributed by atoms with Crippen LogP contribution >= 0.6 is 23.1 Å². The molecule has 2 saturated carbocycles. The van der Waals surface area contributed by atoms with Gasteiger partial charge < -0.3 is 4.74 Å². The fraction of sp³-hybridized carbons (Fsp3) is 0.455. The summed E-state index contributed by atoms with van der Waals surface area (Å²) in [5.74, 6) is -0.251. The number of rotatable bonds is 8. The summed E-state index contributed by atoms with van der Waals surface area (Å²) in [5.41, 5.74) is 1.42. The third-order valence-electron chi connectivity index (χ3n) is 5.11. The van der Waals surface area contributed by atoms with E-state index in [9.17, 15) is 9.59 Å². The first kappa shape index (κ1) is 21.1. The van der Waals surface area contributed by atoms with Crippen LogP contribution in [0.25, 0.3) is 5.57 Å². The number of amides is 1. The summed E-state index contributed by atoms with van der Waals surface area (Å²) in [7, 11) is 0. The van der Waals surface area contributed by atoms with Gasteiger partial charge in [-0.05, 0) is 50.7 Å². The standard InChI is InChI=1S/C22H25N3O3S2/c1-2-28-21(27)18-13-24-22(30-18)25-20(26)17(11-14-5-3-4-6-14)15-7-10-19(23-12-15)29-16-8-9-16/h7,10-14,16H,2-6,8-9H2,1H3,(H,24,25,26)/b17-11-. The summed E-state index contributed by atoms with van der Waals surface area (Å²) in [5, 5.41) is 4.93. The maximum atomic E-state index is 13.1. The molecule has 2 aromatic rings. The number of hydrogen-bond donors (Lipinski definition) is 1. The summed E-state index contributed by atoms with van der Waals surface area (Å²) in [6.07, 6.45) is 12.4. The number of esters is 1. The first-order valence-corrected chi connectivity index (χ1v) is 12.1. The lowest BCUT2D eigenvalue weighted by Crippen LogP contribution is -2.14. The molecule has 2 heterocycles. The van der Waals surface area contributed by atoms with Gasteiger partial charge in [0, 0.05) is 22.6 Å². The largest absolute Gasteiger partial charge is 0.462 e. The van der Waals surface area contributed by atoms with Crippen molar-refractivity contribution in [1.29, 1.82) is 0 Å². The number of carbonyl (C=O) groups excluding carboxylic acids is 2. The third-order valence-corrected chi connectivity index (χ3v) is 7.29. The zero-order valence-electron chi connectivity index (χ0n) is 16.9. The molecule has 0 radical (unpaired) electrons. The maximum absolute atomic E-state index is 13.1. The van der Waals surface area contributed by atoms with Crippen molar-refractivity contribution in [2.75, 3.05) is 11.9 Å². The average molecular weight is 444 g/mol. The number of thiazole rings is 1. The predicted octanol–water partition coefficient (Wildman–Crippen LogP) is 5.18. The van der Waals surface area contributed by atoms with Crippen molar-refractivity contribution in [3.8, 4) is 0 Å². The van der Waals surface area contributed by atoms with E-state index in [1.807, 2.05) is 12.1 Å². The van der Waals surface area contributed by atoms with Gasteiger partial charge in [0.1, 0.15) is 4.88 Å². The van der Waals surface area contributed by atoms with Gasteiger partial charge in [-0.2, -0.15) is 0 Å². The molecule has 2 aliphatic carbocycles. The Morgan fingerprint density at radius 2 is 2.00 bits per heavy atom. The molecule has 1 N–H and O–H groups in total. The Hall–Kier alpha value is -2.19. The molecule has 2 aliphatic rings. The van der Waals surface area contributed by atoms with Crippen molar-refractivity contribution < 1.29 is 14.3 Å². The van der Waals surface area contributed by atoms with E-state index in [1.165, 1.54) is 31.9 Å². The molecule has 0 unspecified atom stereocenters. The van der Waals surface area contributed by atoms with Gasteiger partial charge in [-0.3, -0.25) is 10.1 Å². The Morgan fingerprint density at radius 1 is 1.20 bits per heavy atom. The minimum atomic E-state index is -0.426. The van der Waals surface area contributed by atoms with Crippen molar-refractivity contribution in [2.24, 2.45) is 5.92 Å². The molecule has 0 spiro atoms. The molecule has 2 fully saturated rings. The molecule has 2 aromatic heterocycles. The number of anilines is 1. The lowest BCUT2D eigenvalue weighted by molar-refractivity contribution is -0.111. The number of aromatic nitrogens is 2. The third kappa shape index (κ3) is 5.49. The minimum absolute atomic E-state index is 0.226. The Morgan fingerprint density at radius 3 is 2.67 bits per heavy atom. The summed E-state index contributed by atoms with van der Waals surface area (Å²) in [6.45, 7) is 2.05. The first-order chi connectivity index (χ1) is 14.6. The maximum Gasteiger partial charge on any atom is 0.350 e. The van der Waals surface area contributed by atoms with Gasteiger partial charge in [0.15, 0.2) is 5.13 Å². The fourth-order valence-corrected chi connectivity index (χ4v) is 5.10. The van der Waals surface area contributed by atoms with Crippen molar-refractivity contribution in [3.05, 3.63) is 41.0 Å². The Labute approximate surface area is 184 Å². The van der Waals surface area contributed by atoms with E-state index in [0.29, 0.717) is 33.4 Å². The number of nitrogens with zero attached hydrogens (tertiary/aromatic N) is 2. The van der Waals surface area contributed by atoms with Crippen molar-refractivity contribution in [2.45, 2.75) is 55.7 Å². The van der Waals surface area contributed by atoms with E-state index < -0.39 is 5.97 Å². The second kappa shape index (κ2) is 9.75. The number of pyridine rings is 1. The van der Waals surface area contributed by atoms with E-state index in [-0.39, 0.29) is 5.91 Å². The average Bonchev–Trinajstić information content (AvgIpc) is 3.20. The van der Waals surface area contributed by atoms with Gasteiger partial charge in [0.25, 0.3) is 5.91 Å². The molecular formula is C22H25N3O3S2. The molecule has 0 aromatic carbocycles. The number of hydrogen-bond acceptors (Lipinski definition) is 7. The first-order valence-electron chi connectivity index (χ1n) is 10.4. The van der Waals surface area contributed by atoms with Gasteiger partial charge in [0.05, 0.1) is 17.8 Å². The molecule has 30 heavy (non-hydrogen) atoms. The van der Waals surface area contributed by atoms with Crippen molar-refractivity contribution in [1.82, 2.24) is 9.97 Å². The Balaban J connectivity index is 1.51. The molecule has 0 bridgehead atoms. The zero-order chi connectivity index (χ0) is 20.9. The highest BCUT2D eigenvalue weighted by Gasteiger charge is 2.24. The van der Waals surface area contributed by atoms with Crippen LogP contribution in [-0.4, -0.2) is 33.7 Å². The summed E-state index contributed by atoms with van der Waals surface area (Å²) in [4.78, 5) is 34.1. The van der Waals surface area contributed by atoms with Crippen LogP contribution in [0.3, 0.4) is 0 Å². The van der Waals surface area contributed by atoms with Crippen molar-refractivity contribution in [3.63, 3.8) is 0 Å². The predicted molar refractivity (Wildman–Crippen MR) is 120 cm³/mol. The number of ether oxygens (including phenoxy) is 1. The number of allylic oxidation sites excluding steroid dienone is 1. The molecule has 0 atom stereocenters. The van der Waals surface area contributed by atoms with Crippen LogP contribution in [0.4, 0.5) is 5.13 Å². The number of thioether (sulfide) groups is 1. The van der Waals surface area contributed by atoms with Gasteiger partial charge in [0.2, 0.25) is 0 Å². The Bertz CT molecular complexity index is 929. The molecule has 1 amide bonds. The second-order valence-electron chi connectivity index (χ2n) is 7.53. The van der Waals surface area contributed by atoms with Gasteiger partial charge in [-0.15, -0.1) is 11.8 Å². The van der Waals surface area contributed by atoms with Crippen molar-refractivity contribution >= 4 is 45.7 Å². The molecule has 8 heteroatoms. The van der Waals surface area contributed by atoms with Crippen LogP contribution in [0.1, 0.15) is 60.7 Å². The van der Waals surface area contributed by atoms with Gasteiger partial charge in [-0.25, -0.2) is 14.8 Å². The highest BCUT2D eigenvalue weighted by atomic mass is 32.2. The van der Waals surface area contributed by atoms with Gasteiger partial charge in [-0.1, -0.05) is 30.3 Å². The van der Waals surface area contributed by atoms with Crippen LogP contribution in [0.5, 0.6) is 0 Å². The second-order valence-corrected chi connectivity index (χ2v) is 9.88. The fourth-order valence-electron chi connectivity index (χ4n) is 3.42. The van der Waals surface area contributed by atoms with Gasteiger partial charge >= 0.3 is 5.97 Å². The number of carbonyl (C=O) groups is 2. The van der Waals surface area contributed by atoms with E-state index >= 15 is 0 Å². The van der Waals surface area contributed by atoms with Crippen LogP contribution < -0.4 is 5.32 Å². The Kier molecular flexibility index (Phi) is 6.84. The van der Waals surface area contributed by atoms with Crippen LogP contribution in [0.15, 0.2) is 35.6 Å². The van der Waals surface area contributed by atoms with E-state index in [0.717, 1.165) is 34.8 Å². The molecular weight excluding hydrogens is 418 g/mol. The van der Waals surface area contributed by atoms with E-state index in [4.69, 9.17) is 4.74 Å². The topological polar surface area (TPSA) is 81.2 Å². The SMILES string of the molecule is CCOC(=O)c1cnc(NC(=O)/C(=C\C2CCCC2)c2ccc(SC3CC3)nc2)s1. The zero-order valence-corrected chi connectivity index (χ0v) is 18.6. The molecule has 6 nitrogen and oxygen atoms in total. The highest BCUT2D eigenvalue weighted by molar-refractivity contribution is 8.00. The lowest BCUT2D eigenvalue weighted by Gasteiger charge is -2.11. The van der Waals surface area contributed by atoms with Crippen LogP contribution in [0, 0.1) is 5.92 Å². The monoisotopic (exact) mass is 443 g/mol. The molecule has 0 aliphatic heterocycles. The molecule has 158 valence electrons. The summed E-state index contributed by atoms with van der Waals surface area (Å²) in [6, 6.07) is 3.97. The minimum Gasteiger partial charge on any atom is -0.462 e. The summed E-state index contributed by atoms with van der Waals surface area (Å²) < 4.78 is 4.99. The molecule has 0 saturated heterocycles.